The first-order chi connectivity index (χ1) is 14.0. The second-order valence-electron chi connectivity index (χ2n) is 6.95. The summed E-state index contributed by atoms with van der Waals surface area (Å²) in [5.74, 6) is 0.754. The van der Waals surface area contributed by atoms with E-state index in [1.54, 1.807) is 42.6 Å². The minimum atomic E-state index is -0.254. The van der Waals surface area contributed by atoms with E-state index in [4.69, 9.17) is 11.6 Å². The molecule has 8 heteroatoms. The number of imidazole rings is 1. The number of nitrogens with one attached hydrogen (secondary N) is 1. The molecule has 0 saturated heterocycles. The number of aryl methyl sites for hydroxylation is 1. The molecule has 1 aliphatic rings. The maximum atomic E-state index is 13.1. The number of halogens is 1. The highest BCUT2D eigenvalue weighted by atomic mass is 35.5. The van der Waals surface area contributed by atoms with Gasteiger partial charge in [-0.1, -0.05) is 23.7 Å². The van der Waals surface area contributed by atoms with Gasteiger partial charge in [-0.05, 0) is 42.5 Å². The number of amides is 2. The zero-order chi connectivity index (χ0) is 20.4. The number of benzene rings is 1. The molecule has 1 aromatic carbocycles. The van der Waals surface area contributed by atoms with Gasteiger partial charge < -0.3 is 9.88 Å². The summed E-state index contributed by atoms with van der Waals surface area (Å²) in [6, 6.07) is 10.7. The van der Waals surface area contributed by atoms with Gasteiger partial charge in [0.1, 0.15) is 5.82 Å². The summed E-state index contributed by atoms with van der Waals surface area (Å²) in [5.41, 5.74) is 0.894. The van der Waals surface area contributed by atoms with Crippen LogP contribution in [-0.4, -0.2) is 28.4 Å². The van der Waals surface area contributed by atoms with Gasteiger partial charge in [0.05, 0.1) is 6.54 Å². The second kappa shape index (κ2) is 8.39. The van der Waals surface area contributed by atoms with Crippen molar-refractivity contribution in [2.24, 2.45) is 0 Å². The number of aromatic nitrogens is 2. The summed E-state index contributed by atoms with van der Waals surface area (Å²) >= 11 is 7.63. The lowest BCUT2D eigenvalue weighted by atomic mass is 10.1. The molecule has 150 valence electrons. The Labute approximate surface area is 178 Å². The van der Waals surface area contributed by atoms with Crippen LogP contribution < -0.4 is 10.2 Å². The third-order valence-electron chi connectivity index (χ3n) is 4.97. The molecule has 0 spiro atoms. The highest BCUT2D eigenvalue weighted by molar-refractivity contribution is 7.09. The van der Waals surface area contributed by atoms with Crippen LogP contribution in [0, 0.1) is 0 Å². The minimum absolute atomic E-state index is 0.222. The second-order valence-corrected chi connectivity index (χ2v) is 8.41. The van der Waals surface area contributed by atoms with Gasteiger partial charge in [-0.15, -0.1) is 11.3 Å². The fourth-order valence-corrected chi connectivity index (χ4v) is 4.34. The number of anilines is 1. The van der Waals surface area contributed by atoms with E-state index in [2.05, 4.69) is 10.3 Å². The van der Waals surface area contributed by atoms with Gasteiger partial charge in [-0.25, -0.2) is 4.98 Å². The Hall–Kier alpha value is -2.64. The van der Waals surface area contributed by atoms with Gasteiger partial charge >= 0.3 is 0 Å². The molecule has 0 bridgehead atoms. The highest BCUT2D eigenvalue weighted by Crippen LogP contribution is 2.27. The van der Waals surface area contributed by atoms with E-state index in [0.29, 0.717) is 28.6 Å². The summed E-state index contributed by atoms with van der Waals surface area (Å²) < 4.78 is 1.95. The van der Waals surface area contributed by atoms with E-state index >= 15 is 0 Å². The van der Waals surface area contributed by atoms with Crippen molar-refractivity contribution in [2.45, 2.75) is 32.4 Å². The van der Waals surface area contributed by atoms with Crippen LogP contribution in [0.2, 0.25) is 5.02 Å². The fraction of sp³-hybridized carbons (Fsp3) is 0.286. The fourth-order valence-electron chi connectivity index (χ4n) is 3.50. The number of thiophene rings is 1. The number of carbonyl (C=O) groups is 2. The van der Waals surface area contributed by atoms with E-state index in [1.165, 1.54) is 4.90 Å². The lowest BCUT2D eigenvalue weighted by molar-refractivity contribution is 0.0941. The van der Waals surface area contributed by atoms with Crippen LogP contribution in [0.5, 0.6) is 0 Å². The standard InChI is InChI=1S/C21H21ClN4O2S/c1-25(21(28)14-6-4-7-15(22)12-14)19-18(26-10-3-2-9-17(26)24-19)20(27)23-13-16-8-5-11-29-16/h4-8,11-12H,2-3,9-10,13H2,1H3,(H,23,27). The van der Waals surface area contributed by atoms with E-state index in [1.807, 2.05) is 22.1 Å². The lowest BCUT2D eigenvalue weighted by Gasteiger charge is -2.18. The molecule has 2 amide bonds. The number of hydrogen-bond acceptors (Lipinski definition) is 4. The van der Waals surface area contributed by atoms with Crippen LogP contribution in [0.4, 0.5) is 5.82 Å². The lowest BCUT2D eigenvalue weighted by Crippen LogP contribution is -2.32. The third-order valence-corrected chi connectivity index (χ3v) is 6.08. The van der Waals surface area contributed by atoms with Crippen molar-refractivity contribution >= 4 is 40.6 Å². The first-order valence-electron chi connectivity index (χ1n) is 9.48. The monoisotopic (exact) mass is 428 g/mol. The zero-order valence-electron chi connectivity index (χ0n) is 16.0. The maximum absolute atomic E-state index is 13.1. The predicted octanol–water partition coefficient (Wildman–Crippen LogP) is 4.14. The first-order valence-corrected chi connectivity index (χ1v) is 10.7. The normalized spacial score (nSPS) is 13.0. The summed E-state index contributed by atoms with van der Waals surface area (Å²) in [6.07, 6.45) is 2.81. The minimum Gasteiger partial charge on any atom is -0.346 e. The average molecular weight is 429 g/mol. The van der Waals surface area contributed by atoms with Crippen molar-refractivity contribution in [3.63, 3.8) is 0 Å². The highest BCUT2D eigenvalue weighted by Gasteiger charge is 2.29. The summed E-state index contributed by atoms with van der Waals surface area (Å²) in [5, 5.41) is 5.44. The van der Waals surface area contributed by atoms with E-state index in [0.717, 1.165) is 36.5 Å². The van der Waals surface area contributed by atoms with Crippen molar-refractivity contribution < 1.29 is 9.59 Å². The summed E-state index contributed by atoms with van der Waals surface area (Å²) in [7, 11) is 1.65. The third kappa shape index (κ3) is 4.06. The number of nitrogens with zero attached hydrogens (tertiary/aromatic N) is 3. The van der Waals surface area contributed by atoms with Crippen molar-refractivity contribution in [3.05, 3.63) is 68.8 Å². The van der Waals surface area contributed by atoms with Crippen LogP contribution in [0.3, 0.4) is 0 Å². The molecular formula is C21H21ClN4O2S. The molecule has 0 saturated carbocycles. The Kier molecular flexibility index (Phi) is 5.69. The number of hydrogen-bond donors (Lipinski definition) is 1. The van der Waals surface area contributed by atoms with Gasteiger partial charge in [-0.2, -0.15) is 0 Å². The van der Waals surface area contributed by atoms with Crippen molar-refractivity contribution in [1.29, 1.82) is 0 Å². The average Bonchev–Trinajstić information content (AvgIpc) is 3.38. The van der Waals surface area contributed by atoms with Gasteiger partial charge in [0.15, 0.2) is 11.5 Å². The molecule has 0 aliphatic carbocycles. The molecular weight excluding hydrogens is 408 g/mol. The number of rotatable bonds is 5. The molecule has 1 N–H and O–H groups in total. The van der Waals surface area contributed by atoms with Crippen LogP contribution >= 0.6 is 22.9 Å². The predicted molar refractivity (Wildman–Crippen MR) is 115 cm³/mol. The van der Waals surface area contributed by atoms with Crippen LogP contribution in [0.15, 0.2) is 41.8 Å². The Balaban J connectivity index is 1.66. The van der Waals surface area contributed by atoms with Crippen molar-refractivity contribution in [1.82, 2.24) is 14.9 Å². The van der Waals surface area contributed by atoms with Gasteiger partial charge in [0.25, 0.3) is 11.8 Å². The molecule has 2 aromatic heterocycles. The van der Waals surface area contributed by atoms with Crippen LogP contribution in [0.25, 0.3) is 0 Å². The van der Waals surface area contributed by atoms with E-state index < -0.39 is 0 Å². The molecule has 0 fully saturated rings. The topological polar surface area (TPSA) is 67.2 Å². The van der Waals surface area contributed by atoms with Gasteiger partial charge in [0.2, 0.25) is 0 Å². The zero-order valence-corrected chi connectivity index (χ0v) is 17.6. The van der Waals surface area contributed by atoms with Gasteiger partial charge in [-0.3, -0.25) is 14.5 Å². The Morgan fingerprint density at radius 2 is 2.14 bits per heavy atom. The maximum Gasteiger partial charge on any atom is 0.272 e. The Morgan fingerprint density at radius 1 is 1.28 bits per heavy atom. The molecule has 0 unspecified atom stereocenters. The Morgan fingerprint density at radius 3 is 2.90 bits per heavy atom. The largest absolute Gasteiger partial charge is 0.346 e. The number of carbonyl (C=O) groups excluding carboxylic acids is 2. The van der Waals surface area contributed by atoms with E-state index in [9.17, 15) is 9.59 Å². The molecule has 6 nitrogen and oxygen atoms in total. The van der Waals surface area contributed by atoms with Crippen molar-refractivity contribution in [3.8, 4) is 0 Å². The summed E-state index contributed by atoms with van der Waals surface area (Å²) in [6.45, 7) is 1.17. The molecule has 3 aromatic rings. The van der Waals surface area contributed by atoms with Crippen LogP contribution in [0.1, 0.15) is 44.4 Å². The summed E-state index contributed by atoms with van der Waals surface area (Å²) in [4.78, 5) is 33.3. The number of fused-ring (bicyclic) bond motifs is 1. The molecule has 0 radical (unpaired) electrons. The van der Waals surface area contributed by atoms with E-state index in [-0.39, 0.29) is 11.8 Å². The molecule has 4 rings (SSSR count). The molecule has 0 atom stereocenters. The first kappa shape index (κ1) is 19.7. The SMILES string of the molecule is CN(C(=O)c1cccc(Cl)c1)c1nc2n(c1C(=O)NCc1cccs1)CCCC2. The molecule has 3 heterocycles. The molecule has 1 aliphatic heterocycles. The quantitative estimate of drug-likeness (QED) is 0.664. The smallest absolute Gasteiger partial charge is 0.272 e. The van der Waals surface area contributed by atoms with Gasteiger partial charge in [0, 0.05) is 35.5 Å². The van der Waals surface area contributed by atoms with Crippen molar-refractivity contribution in [2.75, 3.05) is 11.9 Å². The Bertz CT molecular complexity index is 1050. The molecule has 29 heavy (non-hydrogen) atoms. The van der Waals surface area contributed by atoms with Crippen LogP contribution in [-0.2, 0) is 19.5 Å².